The van der Waals surface area contributed by atoms with Crippen LogP contribution in [-0.2, 0) is 4.74 Å². The van der Waals surface area contributed by atoms with Crippen molar-refractivity contribution < 1.29 is 22.7 Å². The number of rotatable bonds is 5. The molecule has 0 unspecified atom stereocenters. The first-order valence-electron chi connectivity index (χ1n) is 5.79. The van der Waals surface area contributed by atoms with E-state index in [1.54, 1.807) is 12.1 Å². The van der Waals surface area contributed by atoms with Gasteiger partial charge < -0.3 is 10.1 Å². The van der Waals surface area contributed by atoms with Crippen molar-refractivity contribution in [3.05, 3.63) is 34.9 Å². The molecule has 0 saturated carbocycles. The number of hydrogen-bond donors (Lipinski definition) is 1. The quantitative estimate of drug-likeness (QED) is 0.839. The number of carbonyl (C=O) groups excluding carboxylic acids is 1. The van der Waals surface area contributed by atoms with Crippen molar-refractivity contribution in [2.75, 3.05) is 19.8 Å². The molecular weight excluding hydrogens is 259 g/mol. The van der Waals surface area contributed by atoms with Crippen LogP contribution >= 0.6 is 0 Å². The molecule has 0 atom stereocenters. The highest BCUT2D eigenvalue weighted by Gasteiger charge is 2.27. The van der Waals surface area contributed by atoms with Crippen LogP contribution in [0.5, 0.6) is 0 Å². The Morgan fingerprint density at radius 3 is 2.32 bits per heavy atom. The van der Waals surface area contributed by atoms with Crippen LogP contribution in [0.1, 0.15) is 21.5 Å². The van der Waals surface area contributed by atoms with Crippen LogP contribution < -0.4 is 5.32 Å². The average molecular weight is 275 g/mol. The number of benzene rings is 1. The topological polar surface area (TPSA) is 38.3 Å². The fourth-order valence-corrected chi connectivity index (χ4v) is 1.63. The van der Waals surface area contributed by atoms with Gasteiger partial charge in [-0.2, -0.15) is 13.2 Å². The maximum absolute atomic E-state index is 11.8. The van der Waals surface area contributed by atoms with E-state index in [1.807, 2.05) is 19.9 Å². The van der Waals surface area contributed by atoms with Gasteiger partial charge in [0.1, 0.15) is 6.61 Å². The Morgan fingerprint density at radius 2 is 1.79 bits per heavy atom. The zero-order valence-electron chi connectivity index (χ0n) is 10.8. The summed E-state index contributed by atoms with van der Waals surface area (Å²) in [5, 5.41) is 2.51. The van der Waals surface area contributed by atoms with Gasteiger partial charge in [-0.3, -0.25) is 4.79 Å². The number of aryl methyl sites for hydroxylation is 2. The summed E-state index contributed by atoms with van der Waals surface area (Å²) in [6.45, 7) is 2.32. The minimum absolute atomic E-state index is 0.0436. The molecule has 0 aliphatic carbocycles. The third kappa shape index (κ3) is 6.24. The largest absolute Gasteiger partial charge is 0.411 e. The molecule has 6 heteroatoms. The molecule has 0 fully saturated rings. The van der Waals surface area contributed by atoms with Crippen LogP contribution in [0, 0.1) is 13.8 Å². The van der Waals surface area contributed by atoms with Gasteiger partial charge >= 0.3 is 6.18 Å². The van der Waals surface area contributed by atoms with E-state index in [4.69, 9.17) is 0 Å². The lowest BCUT2D eigenvalue weighted by Gasteiger charge is -2.09. The van der Waals surface area contributed by atoms with E-state index in [2.05, 4.69) is 10.1 Å². The molecule has 1 aromatic rings. The third-order valence-electron chi connectivity index (χ3n) is 2.28. The van der Waals surface area contributed by atoms with E-state index in [-0.39, 0.29) is 19.1 Å². The summed E-state index contributed by atoms with van der Waals surface area (Å²) in [6, 6.07) is 5.38. The minimum Gasteiger partial charge on any atom is -0.370 e. The summed E-state index contributed by atoms with van der Waals surface area (Å²) < 4.78 is 39.7. The molecule has 3 nitrogen and oxygen atoms in total. The summed E-state index contributed by atoms with van der Waals surface area (Å²) in [5.74, 6) is -0.317. The lowest BCUT2D eigenvalue weighted by molar-refractivity contribution is -0.173. The van der Waals surface area contributed by atoms with Gasteiger partial charge in [0.05, 0.1) is 6.61 Å². The van der Waals surface area contributed by atoms with Crippen LogP contribution in [0.25, 0.3) is 0 Å². The molecule has 1 rings (SSSR count). The normalized spacial score (nSPS) is 11.4. The Labute approximate surface area is 109 Å². The van der Waals surface area contributed by atoms with Crippen molar-refractivity contribution in [2.45, 2.75) is 20.0 Å². The number of ether oxygens (including phenoxy) is 1. The van der Waals surface area contributed by atoms with Crippen molar-refractivity contribution in [1.29, 1.82) is 0 Å². The number of nitrogens with one attached hydrogen (secondary N) is 1. The molecular formula is C13H16F3NO2. The average Bonchev–Trinajstić information content (AvgIpc) is 2.25. The Bertz CT molecular complexity index is 424. The maximum atomic E-state index is 11.8. The second-order valence-corrected chi connectivity index (χ2v) is 4.30. The Balaban J connectivity index is 2.35. The monoisotopic (exact) mass is 275 g/mol. The molecule has 0 aromatic heterocycles. The van der Waals surface area contributed by atoms with Crippen molar-refractivity contribution in [3.63, 3.8) is 0 Å². The van der Waals surface area contributed by atoms with Crippen LogP contribution in [-0.4, -0.2) is 31.8 Å². The predicted molar refractivity (Wildman–Crippen MR) is 65.1 cm³/mol. The van der Waals surface area contributed by atoms with E-state index in [1.165, 1.54) is 0 Å². The van der Waals surface area contributed by atoms with Crippen molar-refractivity contribution in [2.24, 2.45) is 0 Å². The number of hydrogen-bond acceptors (Lipinski definition) is 2. The van der Waals surface area contributed by atoms with Crippen LogP contribution in [0.4, 0.5) is 13.2 Å². The fourth-order valence-electron chi connectivity index (χ4n) is 1.63. The number of carbonyl (C=O) groups is 1. The highest BCUT2D eigenvalue weighted by molar-refractivity contribution is 5.94. The first kappa shape index (κ1) is 15.5. The second-order valence-electron chi connectivity index (χ2n) is 4.30. The summed E-state index contributed by atoms with van der Waals surface area (Å²) >= 11 is 0. The van der Waals surface area contributed by atoms with E-state index in [0.29, 0.717) is 5.56 Å². The molecule has 0 aliphatic heterocycles. The molecule has 106 valence electrons. The lowest BCUT2D eigenvalue weighted by Crippen LogP contribution is -2.29. The van der Waals surface area contributed by atoms with Gasteiger partial charge in [0, 0.05) is 12.1 Å². The van der Waals surface area contributed by atoms with E-state index in [9.17, 15) is 18.0 Å². The van der Waals surface area contributed by atoms with E-state index < -0.39 is 12.8 Å². The SMILES string of the molecule is Cc1cc(C)cc(C(=O)NCCOCC(F)(F)F)c1. The molecule has 1 amide bonds. The lowest BCUT2D eigenvalue weighted by atomic mass is 10.1. The Hall–Kier alpha value is -1.56. The zero-order valence-corrected chi connectivity index (χ0v) is 10.8. The van der Waals surface area contributed by atoms with Crippen LogP contribution in [0.15, 0.2) is 18.2 Å². The van der Waals surface area contributed by atoms with Gasteiger partial charge in [0.15, 0.2) is 0 Å². The van der Waals surface area contributed by atoms with Gasteiger partial charge in [0.2, 0.25) is 0 Å². The smallest absolute Gasteiger partial charge is 0.370 e. The third-order valence-corrected chi connectivity index (χ3v) is 2.28. The Kier molecular flexibility index (Phi) is 5.35. The molecule has 0 heterocycles. The second kappa shape index (κ2) is 6.56. The Morgan fingerprint density at radius 1 is 1.21 bits per heavy atom. The first-order valence-corrected chi connectivity index (χ1v) is 5.79. The van der Waals surface area contributed by atoms with Crippen molar-refractivity contribution >= 4 is 5.91 Å². The van der Waals surface area contributed by atoms with E-state index in [0.717, 1.165) is 11.1 Å². The predicted octanol–water partition coefficient (Wildman–Crippen LogP) is 2.61. The minimum atomic E-state index is -4.34. The van der Waals surface area contributed by atoms with Crippen molar-refractivity contribution in [3.8, 4) is 0 Å². The fraction of sp³-hybridized carbons (Fsp3) is 0.462. The number of amides is 1. The standard InChI is InChI=1S/C13H16F3NO2/c1-9-5-10(2)7-11(6-9)12(18)17-3-4-19-8-13(14,15)16/h5-7H,3-4,8H2,1-2H3,(H,17,18). The summed E-state index contributed by atoms with van der Waals surface area (Å²) in [7, 11) is 0. The molecule has 0 radical (unpaired) electrons. The number of halogens is 3. The highest BCUT2D eigenvalue weighted by Crippen LogP contribution is 2.14. The van der Waals surface area contributed by atoms with Crippen molar-refractivity contribution in [1.82, 2.24) is 5.32 Å². The van der Waals surface area contributed by atoms with Gasteiger partial charge in [-0.25, -0.2) is 0 Å². The van der Waals surface area contributed by atoms with E-state index >= 15 is 0 Å². The summed E-state index contributed by atoms with van der Waals surface area (Å²) in [6.07, 6.45) is -4.34. The molecule has 1 N–H and O–H groups in total. The van der Waals surface area contributed by atoms with Crippen LogP contribution in [0.2, 0.25) is 0 Å². The molecule has 1 aromatic carbocycles. The molecule has 0 bridgehead atoms. The summed E-state index contributed by atoms with van der Waals surface area (Å²) in [4.78, 5) is 11.7. The maximum Gasteiger partial charge on any atom is 0.411 e. The zero-order chi connectivity index (χ0) is 14.5. The molecule has 0 aliphatic rings. The van der Waals surface area contributed by atoms with Gasteiger partial charge in [-0.05, 0) is 26.0 Å². The van der Waals surface area contributed by atoms with Gasteiger partial charge in [-0.15, -0.1) is 0 Å². The highest BCUT2D eigenvalue weighted by atomic mass is 19.4. The summed E-state index contributed by atoms with van der Waals surface area (Å²) in [5.41, 5.74) is 2.41. The number of alkyl halides is 3. The van der Waals surface area contributed by atoms with Gasteiger partial charge in [0.25, 0.3) is 5.91 Å². The molecule has 0 spiro atoms. The molecule has 19 heavy (non-hydrogen) atoms. The first-order chi connectivity index (χ1) is 8.78. The van der Waals surface area contributed by atoms with Crippen LogP contribution in [0.3, 0.4) is 0 Å². The molecule has 0 saturated heterocycles. The van der Waals surface area contributed by atoms with Gasteiger partial charge in [-0.1, -0.05) is 17.2 Å².